The molecular weight excluding hydrogens is 564 g/mol. The predicted octanol–water partition coefficient (Wildman–Crippen LogP) is 6.81. The Morgan fingerprint density at radius 1 is 0.475 bits per heavy atom. The van der Waals surface area contributed by atoms with Crippen molar-refractivity contribution in [1.29, 1.82) is 0 Å². The first-order valence-corrected chi connectivity index (χ1v) is 16.4. The summed E-state index contributed by atoms with van der Waals surface area (Å²) >= 11 is 3.93. The molecule has 2 atom stereocenters. The van der Waals surface area contributed by atoms with Crippen molar-refractivity contribution in [1.82, 2.24) is 0 Å². The minimum atomic E-state index is -3.57. The van der Waals surface area contributed by atoms with Gasteiger partial charge in [-0.25, -0.2) is 0 Å². The van der Waals surface area contributed by atoms with Gasteiger partial charge in [-0.1, -0.05) is 161 Å². The van der Waals surface area contributed by atoms with Crippen molar-refractivity contribution in [3.8, 4) is 0 Å². The van der Waals surface area contributed by atoms with Crippen LogP contribution in [0, 0.1) is 0 Å². The van der Waals surface area contributed by atoms with E-state index in [4.69, 9.17) is 4.11 Å². The van der Waals surface area contributed by atoms with Crippen molar-refractivity contribution in [3.05, 3.63) is 189 Å². The Hall–Kier alpha value is -3.98. The van der Waals surface area contributed by atoms with Crippen LogP contribution in [0.2, 0.25) is 0 Å². The highest BCUT2D eigenvalue weighted by molar-refractivity contribution is 9.10. The molecule has 0 radical (unpaired) electrons. The Kier molecular flexibility index (Phi) is 4.45. The third-order valence-electron chi connectivity index (χ3n) is 8.74. The van der Waals surface area contributed by atoms with Crippen LogP contribution in [0.4, 0.5) is 0 Å². The summed E-state index contributed by atoms with van der Waals surface area (Å²) in [5.74, 6) is -0.0704. The highest BCUT2D eigenvalue weighted by Gasteiger charge is 2.49. The molecule has 3 aliphatic carbocycles. The number of rotatable bonds is 4. The fourth-order valence-corrected chi connectivity index (χ4v) is 12.6. The van der Waals surface area contributed by atoms with Gasteiger partial charge in [0.25, 0.3) is 0 Å². The summed E-state index contributed by atoms with van der Waals surface area (Å²) in [7, 11) is -3.57. The second-order valence-electron chi connectivity index (χ2n) is 10.5. The maximum absolute atomic E-state index is 9.41. The van der Waals surface area contributed by atoms with Crippen LogP contribution >= 0.6 is 15.9 Å². The van der Waals surface area contributed by atoms with Crippen molar-refractivity contribution in [3.63, 3.8) is 0 Å². The number of hydrogen-bond acceptors (Lipinski definition) is 0. The van der Waals surface area contributed by atoms with Gasteiger partial charge in [0.15, 0.2) is 8.07 Å². The zero-order chi connectivity index (χ0) is 31.0. The summed E-state index contributed by atoms with van der Waals surface area (Å²) < 4.78 is 45.9. The molecule has 2 unspecified atom stereocenters. The predicted molar refractivity (Wildman–Crippen MR) is 173 cm³/mol. The van der Waals surface area contributed by atoms with Crippen LogP contribution in [0.15, 0.2) is 156 Å². The molecule has 3 aliphatic rings. The molecule has 40 heavy (non-hydrogen) atoms. The molecule has 6 aromatic rings. The normalized spacial score (nSPS) is 18.4. The van der Waals surface area contributed by atoms with Crippen LogP contribution in [0.25, 0.3) is 0 Å². The molecule has 0 spiro atoms. The first-order valence-electron chi connectivity index (χ1n) is 16.1. The molecule has 0 nitrogen and oxygen atoms in total. The average Bonchev–Trinajstić information content (AvgIpc) is 3.09. The lowest BCUT2D eigenvalue weighted by Crippen LogP contribution is -2.75. The van der Waals surface area contributed by atoms with E-state index in [0.717, 1.165) is 20.0 Å². The summed E-state index contributed by atoms with van der Waals surface area (Å²) in [6.45, 7) is 0. The third-order valence-corrected chi connectivity index (χ3v) is 14.1. The monoisotopic (exact) mass is 595 g/mol. The van der Waals surface area contributed by atoms with Crippen molar-refractivity contribution in [2.45, 2.75) is 11.8 Å². The first kappa shape index (κ1) is 19.2. The fourth-order valence-electron chi connectivity index (χ4n) is 7.30. The van der Waals surface area contributed by atoms with E-state index < -0.39 is 8.07 Å². The lowest BCUT2D eigenvalue weighted by Gasteiger charge is -2.46. The fraction of sp³-hybridized carbons (Fsp3) is 0.0526. The number of benzene rings is 6. The molecule has 0 N–H and O–H groups in total. The van der Waals surface area contributed by atoms with Crippen molar-refractivity contribution < 1.29 is 6.85 Å². The van der Waals surface area contributed by atoms with Gasteiger partial charge in [0.05, 0.1) is 6.85 Å². The third kappa shape index (κ3) is 3.24. The van der Waals surface area contributed by atoms with E-state index in [1.807, 2.05) is 36.4 Å². The van der Waals surface area contributed by atoms with Crippen LogP contribution in [-0.4, -0.2) is 8.07 Å². The molecule has 2 bridgehead atoms. The highest BCUT2D eigenvalue weighted by Crippen LogP contribution is 2.56. The molecule has 9 rings (SSSR count). The Balaban J connectivity index is 1.60. The molecule has 0 saturated carbocycles. The maximum Gasteiger partial charge on any atom is 0.179 e. The number of halogens is 1. The Morgan fingerprint density at radius 3 is 1.65 bits per heavy atom. The van der Waals surface area contributed by atoms with E-state index in [1.165, 1.54) is 33.4 Å². The van der Waals surface area contributed by atoms with E-state index >= 15 is 0 Å². The van der Waals surface area contributed by atoms with E-state index in [9.17, 15) is 2.74 Å². The molecule has 190 valence electrons. The van der Waals surface area contributed by atoms with Gasteiger partial charge in [-0.05, 0) is 60.2 Å². The van der Waals surface area contributed by atoms with Gasteiger partial charge in [-0.3, -0.25) is 0 Å². The Bertz CT molecular complexity index is 2080. The van der Waals surface area contributed by atoms with Gasteiger partial charge in [0.2, 0.25) is 0 Å². The average molecular weight is 597 g/mol. The van der Waals surface area contributed by atoms with Gasteiger partial charge in [0.1, 0.15) is 0 Å². The van der Waals surface area contributed by atoms with E-state index in [1.54, 1.807) is 0 Å². The SMILES string of the molecule is [2H]c1c([2H])c([2H])c([Si](c2ccccc2)(c2ccccc2)c2cccc3c2C2c4ccccc4C3c3cccc(Br)c32)c([2H])c1[2H]. The molecule has 0 saturated heterocycles. The summed E-state index contributed by atoms with van der Waals surface area (Å²) in [6.07, 6.45) is 0. The lowest BCUT2D eigenvalue weighted by molar-refractivity contribution is 0.754. The van der Waals surface area contributed by atoms with E-state index in [2.05, 4.69) is 101 Å². The molecule has 0 heterocycles. The Morgan fingerprint density at radius 2 is 1.00 bits per heavy atom. The van der Waals surface area contributed by atoms with Crippen molar-refractivity contribution >= 4 is 44.8 Å². The summed E-state index contributed by atoms with van der Waals surface area (Å²) in [6, 6.07) is 40.6. The van der Waals surface area contributed by atoms with Crippen LogP contribution < -0.4 is 20.7 Å². The second kappa shape index (κ2) is 9.30. The van der Waals surface area contributed by atoms with Crippen molar-refractivity contribution in [2.24, 2.45) is 0 Å². The van der Waals surface area contributed by atoms with Crippen LogP contribution in [0.1, 0.15) is 52.1 Å². The van der Waals surface area contributed by atoms with Crippen LogP contribution in [0.3, 0.4) is 0 Å². The number of hydrogen-bond donors (Lipinski definition) is 0. The van der Waals surface area contributed by atoms with Gasteiger partial charge >= 0.3 is 0 Å². The van der Waals surface area contributed by atoms with Crippen LogP contribution in [-0.2, 0) is 0 Å². The molecule has 2 heteroatoms. The van der Waals surface area contributed by atoms with Gasteiger partial charge in [-0.2, -0.15) is 0 Å². The zero-order valence-corrected chi connectivity index (χ0v) is 24.2. The molecular formula is C38H27BrSi. The smallest absolute Gasteiger partial charge is 0.0623 e. The van der Waals surface area contributed by atoms with Gasteiger partial charge in [0, 0.05) is 16.3 Å². The summed E-state index contributed by atoms with van der Waals surface area (Å²) in [5, 5.41) is 3.40. The topological polar surface area (TPSA) is 0 Å². The van der Waals surface area contributed by atoms with Gasteiger partial charge < -0.3 is 0 Å². The van der Waals surface area contributed by atoms with Crippen LogP contribution in [0.5, 0.6) is 0 Å². The second-order valence-corrected chi connectivity index (χ2v) is 15.1. The summed E-state index contributed by atoms with van der Waals surface area (Å²) in [4.78, 5) is 0. The Labute approximate surface area is 252 Å². The minimum absolute atomic E-state index is 0.0203. The first-order chi connectivity index (χ1) is 21.9. The molecule has 0 fully saturated rings. The van der Waals surface area contributed by atoms with Crippen molar-refractivity contribution in [2.75, 3.05) is 0 Å². The summed E-state index contributed by atoms with van der Waals surface area (Å²) in [5.41, 5.74) is 7.49. The highest BCUT2D eigenvalue weighted by atomic mass is 79.9. The lowest BCUT2D eigenvalue weighted by atomic mass is 9.61. The molecule has 0 aromatic heterocycles. The quantitative estimate of drug-likeness (QED) is 0.155. The van der Waals surface area contributed by atoms with Gasteiger partial charge in [-0.15, -0.1) is 0 Å². The molecule has 0 aliphatic heterocycles. The zero-order valence-electron chi connectivity index (χ0n) is 26.6. The molecule has 0 amide bonds. The molecule has 6 aromatic carbocycles. The maximum atomic E-state index is 9.41. The largest absolute Gasteiger partial charge is 0.179 e. The standard InChI is InChI=1S/C38H27BrSi/c39-33-24-12-22-31-35-29-20-10-11-21-30(29)38(36(31)33)37-32(35)23-13-25-34(37)40(26-14-4-1-5-15-26,27-16-6-2-7-17-27)28-18-8-3-9-19-28/h1-25,35,38H/i1D,4D,5D,14D,15D. The van der Waals surface area contributed by atoms with E-state index in [0.29, 0.717) is 5.19 Å². The minimum Gasteiger partial charge on any atom is -0.0623 e. The van der Waals surface area contributed by atoms with E-state index in [-0.39, 0.29) is 42.0 Å².